The van der Waals surface area contributed by atoms with E-state index in [-0.39, 0.29) is 11.9 Å². The molecule has 0 heterocycles. The molecule has 1 atom stereocenters. The van der Waals surface area contributed by atoms with Crippen LogP contribution in [0.15, 0.2) is 22.7 Å². The Morgan fingerprint density at radius 2 is 2.22 bits per heavy atom. The van der Waals surface area contributed by atoms with Crippen molar-refractivity contribution in [1.82, 2.24) is 5.32 Å². The van der Waals surface area contributed by atoms with Crippen LogP contribution in [0.5, 0.6) is 0 Å². The third-order valence-corrected chi connectivity index (χ3v) is 4.17. The van der Waals surface area contributed by atoms with Gasteiger partial charge >= 0.3 is 0 Å². The van der Waals surface area contributed by atoms with Gasteiger partial charge in [-0.25, -0.2) is 4.39 Å². The first-order valence-corrected chi connectivity index (χ1v) is 7.38. The normalized spacial score (nSPS) is 16.8. The zero-order valence-electron chi connectivity index (χ0n) is 10.5. The van der Waals surface area contributed by atoms with Crippen molar-refractivity contribution in [3.05, 3.63) is 34.1 Å². The molecule has 1 aromatic rings. The highest BCUT2D eigenvalue weighted by Gasteiger charge is 2.20. The minimum absolute atomic E-state index is 0.0225. The summed E-state index contributed by atoms with van der Waals surface area (Å²) in [7, 11) is 0. The van der Waals surface area contributed by atoms with Crippen molar-refractivity contribution in [2.75, 3.05) is 13.1 Å². The molecular formula is C14H20BrFN2. The van der Waals surface area contributed by atoms with Crippen LogP contribution in [-0.4, -0.2) is 13.1 Å². The van der Waals surface area contributed by atoms with Gasteiger partial charge in [0.2, 0.25) is 0 Å². The Balaban J connectivity index is 1.87. The van der Waals surface area contributed by atoms with Gasteiger partial charge in [-0.3, -0.25) is 0 Å². The molecule has 0 saturated heterocycles. The van der Waals surface area contributed by atoms with Crippen LogP contribution in [0, 0.1) is 11.7 Å². The van der Waals surface area contributed by atoms with Gasteiger partial charge in [-0.2, -0.15) is 0 Å². The average molecular weight is 315 g/mol. The number of rotatable bonds is 7. The van der Waals surface area contributed by atoms with Crippen molar-refractivity contribution in [3.8, 4) is 0 Å². The summed E-state index contributed by atoms with van der Waals surface area (Å²) < 4.78 is 14.2. The number of halogens is 2. The Morgan fingerprint density at radius 3 is 2.89 bits per heavy atom. The van der Waals surface area contributed by atoms with Crippen molar-refractivity contribution in [1.29, 1.82) is 0 Å². The largest absolute Gasteiger partial charge is 0.329 e. The van der Waals surface area contributed by atoms with Crippen LogP contribution in [0.1, 0.15) is 37.3 Å². The summed E-state index contributed by atoms with van der Waals surface area (Å²) in [4.78, 5) is 0. The molecule has 1 aromatic carbocycles. The summed E-state index contributed by atoms with van der Waals surface area (Å²) in [6.07, 6.45) is 5.27. The second-order valence-electron chi connectivity index (χ2n) is 4.99. The topological polar surface area (TPSA) is 38.0 Å². The molecule has 0 bridgehead atoms. The molecule has 2 nitrogen and oxygen atoms in total. The fourth-order valence-electron chi connectivity index (χ4n) is 2.18. The van der Waals surface area contributed by atoms with Gasteiger partial charge in [-0.05, 0) is 49.1 Å². The average Bonchev–Trinajstić information content (AvgIpc) is 3.17. The number of nitrogens with two attached hydrogens (primary N) is 1. The van der Waals surface area contributed by atoms with E-state index in [2.05, 4.69) is 21.2 Å². The van der Waals surface area contributed by atoms with Gasteiger partial charge in [0.1, 0.15) is 5.82 Å². The number of nitrogens with one attached hydrogen (secondary N) is 1. The lowest BCUT2D eigenvalue weighted by molar-refractivity contribution is 0.507. The van der Waals surface area contributed by atoms with Crippen molar-refractivity contribution in [3.63, 3.8) is 0 Å². The van der Waals surface area contributed by atoms with Crippen molar-refractivity contribution in [2.45, 2.75) is 31.7 Å². The molecule has 0 amide bonds. The lowest BCUT2D eigenvalue weighted by Crippen LogP contribution is -2.29. The second kappa shape index (κ2) is 6.64. The molecule has 1 saturated carbocycles. The third-order valence-electron chi connectivity index (χ3n) is 3.45. The lowest BCUT2D eigenvalue weighted by Gasteiger charge is -2.18. The Kier molecular flexibility index (Phi) is 5.15. The lowest BCUT2D eigenvalue weighted by atomic mass is 10.1. The van der Waals surface area contributed by atoms with Crippen molar-refractivity contribution in [2.24, 2.45) is 11.7 Å². The molecule has 4 heteroatoms. The van der Waals surface area contributed by atoms with E-state index in [0.717, 1.165) is 22.5 Å². The van der Waals surface area contributed by atoms with Crippen molar-refractivity contribution >= 4 is 15.9 Å². The fraction of sp³-hybridized carbons (Fsp3) is 0.571. The quantitative estimate of drug-likeness (QED) is 0.757. The first kappa shape index (κ1) is 14.0. The van der Waals surface area contributed by atoms with Gasteiger partial charge in [0.25, 0.3) is 0 Å². The van der Waals surface area contributed by atoms with E-state index in [1.807, 2.05) is 0 Å². The standard InChI is InChI=1S/C14H20BrFN2/c15-13-6-5-11(16)8-12(13)14(9-17)18-7-1-2-10-3-4-10/h5-6,8,10,14,18H,1-4,7,9,17H2. The Morgan fingerprint density at radius 1 is 1.44 bits per heavy atom. The maximum atomic E-state index is 13.3. The summed E-state index contributed by atoms with van der Waals surface area (Å²) in [5, 5.41) is 3.42. The molecule has 18 heavy (non-hydrogen) atoms. The van der Waals surface area contributed by atoms with E-state index < -0.39 is 0 Å². The fourth-order valence-corrected chi connectivity index (χ4v) is 2.70. The maximum Gasteiger partial charge on any atom is 0.123 e. The van der Waals surface area contributed by atoms with Crippen LogP contribution >= 0.6 is 15.9 Å². The highest BCUT2D eigenvalue weighted by atomic mass is 79.9. The summed E-state index contributed by atoms with van der Waals surface area (Å²) >= 11 is 3.45. The second-order valence-corrected chi connectivity index (χ2v) is 5.85. The molecule has 100 valence electrons. The minimum Gasteiger partial charge on any atom is -0.329 e. The molecule has 1 aliphatic carbocycles. The molecule has 0 aromatic heterocycles. The molecule has 0 spiro atoms. The molecule has 0 aliphatic heterocycles. The van der Waals surface area contributed by atoms with Crippen LogP contribution in [0.3, 0.4) is 0 Å². The van der Waals surface area contributed by atoms with Gasteiger partial charge in [-0.1, -0.05) is 28.8 Å². The first-order valence-electron chi connectivity index (χ1n) is 6.59. The van der Waals surface area contributed by atoms with Crippen LogP contribution in [0.25, 0.3) is 0 Å². The van der Waals surface area contributed by atoms with E-state index >= 15 is 0 Å². The third kappa shape index (κ3) is 4.04. The van der Waals surface area contributed by atoms with Crippen molar-refractivity contribution < 1.29 is 4.39 Å². The Bertz CT molecular complexity index is 393. The van der Waals surface area contributed by atoms with E-state index in [1.165, 1.54) is 31.7 Å². The Labute approximate surface area is 116 Å². The summed E-state index contributed by atoms with van der Waals surface area (Å²) in [6, 6.07) is 4.76. The zero-order chi connectivity index (χ0) is 13.0. The zero-order valence-corrected chi connectivity index (χ0v) is 12.0. The van der Waals surface area contributed by atoms with E-state index in [9.17, 15) is 4.39 Å². The SMILES string of the molecule is NCC(NCCCC1CC1)c1cc(F)ccc1Br. The van der Waals surface area contributed by atoms with E-state index in [1.54, 1.807) is 12.1 Å². The molecule has 1 fully saturated rings. The molecule has 1 aliphatic rings. The van der Waals surface area contributed by atoms with Gasteiger partial charge in [-0.15, -0.1) is 0 Å². The van der Waals surface area contributed by atoms with Gasteiger partial charge in [0, 0.05) is 17.1 Å². The summed E-state index contributed by atoms with van der Waals surface area (Å²) in [6.45, 7) is 1.42. The van der Waals surface area contributed by atoms with Crippen LogP contribution in [0.2, 0.25) is 0 Å². The molecule has 3 N–H and O–H groups in total. The molecular weight excluding hydrogens is 295 g/mol. The van der Waals surface area contributed by atoms with E-state index in [0.29, 0.717) is 6.54 Å². The first-order chi connectivity index (χ1) is 8.70. The summed E-state index contributed by atoms with van der Waals surface area (Å²) in [5.74, 6) is 0.746. The van der Waals surface area contributed by atoms with Crippen LogP contribution < -0.4 is 11.1 Å². The Hall–Kier alpha value is -0.450. The molecule has 0 radical (unpaired) electrons. The smallest absolute Gasteiger partial charge is 0.123 e. The van der Waals surface area contributed by atoms with Gasteiger partial charge < -0.3 is 11.1 Å². The van der Waals surface area contributed by atoms with Crippen LogP contribution in [-0.2, 0) is 0 Å². The highest BCUT2D eigenvalue weighted by Crippen LogP contribution is 2.33. The predicted octanol–water partition coefficient (Wildman–Crippen LogP) is 3.37. The highest BCUT2D eigenvalue weighted by molar-refractivity contribution is 9.10. The van der Waals surface area contributed by atoms with Crippen LogP contribution in [0.4, 0.5) is 4.39 Å². The molecule has 1 unspecified atom stereocenters. The summed E-state index contributed by atoms with van der Waals surface area (Å²) in [5.41, 5.74) is 6.68. The van der Waals surface area contributed by atoms with Gasteiger partial charge in [0.15, 0.2) is 0 Å². The number of hydrogen-bond donors (Lipinski definition) is 2. The number of hydrogen-bond acceptors (Lipinski definition) is 2. The minimum atomic E-state index is -0.216. The monoisotopic (exact) mass is 314 g/mol. The van der Waals surface area contributed by atoms with E-state index in [4.69, 9.17) is 5.73 Å². The molecule has 2 rings (SSSR count). The maximum absolute atomic E-state index is 13.3. The van der Waals surface area contributed by atoms with Gasteiger partial charge in [0.05, 0.1) is 0 Å². The number of benzene rings is 1. The predicted molar refractivity (Wildman–Crippen MR) is 75.9 cm³/mol.